The summed E-state index contributed by atoms with van der Waals surface area (Å²) in [5.41, 5.74) is 5.60. The summed E-state index contributed by atoms with van der Waals surface area (Å²) >= 11 is 5.25. The Labute approximate surface area is 230 Å². The van der Waals surface area contributed by atoms with Gasteiger partial charge in [0.05, 0.1) is 5.56 Å². The summed E-state index contributed by atoms with van der Waals surface area (Å²) in [6.45, 7) is 0.796. The van der Waals surface area contributed by atoms with Gasteiger partial charge in [0.15, 0.2) is 0 Å². The highest BCUT2D eigenvalue weighted by molar-refractivity contribution is 9.10. The maximum absolute atomic E-state index is 13.5. The molecule has 190 valence electrons. The van der Waals surface area contributed by atoms with E-state index in [1.807, 2.05) is 6.21 Å². The smallest absolute Gasteiger partial charge is 0.254 e. The Balaban J connectivity index is 1.33. The molecule has 0 radical (unpaired) electrons. The Morgan fingerprint density at radius 1 is 1.03 bits per heavy atom. The van der Waals surface area contributed by atoms with Crippen LogP contribution in [0.15, 0.2) is 64.2 Å². The van der Waals surface area contributed by atoms with Gasteiger partial charge in [0, 0.05) is 50.8 Å². The molecule has 1 saturated carbocycles. The van der Waals surface area contributed by atoms with Crippen molar-refractivity contribution in [2.75, 3.05) is 0 Å². The van der Waals surface area contributed by atoms with E-state index >= 15 is 0 Å². The number of hydrogen-bond donors (Lipinski definition) is 1. The second kappa shape index (κ2) is 11.0. The number of carbonyl (C=O) groups is 1. The molecule has 4 nitrogen and oxygen atoms in total. The predicted molar refractivity (Wildman–Crippen MR) is 158 cm³/mol. The lowest BCUT2D eigenvalue weighted by Gasteiger charge is -2.23. The third-order valence-electron chi connectivity index (χ3n) is 7.73. The van der Waals surface area contributed by atoms with Gasteiger partial charge in [-0.05, 0) is 67.9 Å². The molecule has 2 aromatic carbocycles. The topological polar surface area (TPSA) is 46.4 Å². The van der Waals surface area contributed by atoms with E-state index in [9.17, 15) is 4.79 Å². The molecule has 6 rings (SSSR count). The molecule has 2 heterocycles. The van der Waals surface area contributed by atoms with Crippen LogP contribution in [0.5, 0.6) is 0 Å². The van der Waals surface area contributed by atoms with Gasteiger partial charge in [0.1, 0.15) is 5.00 Å². The number of rotatable bonds is 6. The summed E-state index contributed by atoms with van der Waals surface area (Å²) in [6.07, 6.45) is 14.4. The van der Waals surface area contributed by atoms with Crippen molar-refractivity contribution >= 4 is 55.3 Å². The number of halogens is 1. The van der Waals surface area contributed by atoms with Crippen molar-refractivity contribution < 1.29 is 4.79 Å². The van der Waals surface area contributed by atoms with E-state index in [2.05, 4.69) is 80.5 Å². The number of nitrogens with zero attached hydrogens (tertiary/aromatic N) is 2. The van der Waals surface area contributed by atoms with Gasteiger partial charge in [-0.3, -0.25) is 4.79 Å². The number of carbonyl (C=O) groups excluding carboxylic acids is 1. The second-order valence-electron chi connectivity index (χ2n) is 10.3. The monoisotopic (exact) mass is 573 g/mol. The number of thiophene rings is 1. The molecule has 0 spiro atoms. The highest BCUT2D eigenvalue weighted by Gasteiger charge is 2.27. The van der Waals surface area contributed by atoms with E-state index in [-0.39, 0.29) is 5.91 Å². The van der Waals surface area contributed by atoms with Crippen molar-refractivity contribution in [2.24, 2.45) is 4.99 Å². The van der Waals surface area contributed by atoms with Crippen LogP contribution < -0.4 is 5.32 Å². The Morgan fingerprint density at radius 3 is 2.65 bits per heavy atom. The minimum atomic E-state index is 0.0797. The van der Waals surface area contributed by atoms with Crippen molar-refractivity contribution in [1.82, 2.24) is 9.88 Å². The van der Waals surface area contributed by atoms with Crippen LogP contribution in [0.1, 0.15) is 76.9 Å². The molecule has 0 aliphatic heterocycles. The van der Waals surface area contributed by atoms with Crippen LogP contribution in [0.2, 0.25) is 0 Å². The molecule has 0 saturated heterocycles. The maximum atomic E-state index is 13.5. The lowest BCUT2D eigenvalue weighted by molar-refractivity contribution is 0.0927. The van der Waals surface area contributed by atoms with Crippen LogP contribution in [-0.4, -0.2) is 22.7 Å². The standard InChI is InChI=1S/C31H32BrN3OS/c32-23-16-14-21(15-17-23)19-35-20-22(25-10-4-6-12-27(25)35)18-33-31-29(26-11-5-7-13-28(26)37-31)30(36)34-24-8-2-1-3-9-24/h4,6,10,12,14-18,20,24H,1-3,5,7-9,11,13,19H2,(H,34,36). The zero-order valence-electron chi connectivity index (χ0n) is 21.0. The zero-order valence-corrected chi connectivity index (χ0v) is 23.4. The van der Waals surface area contributed by atoms with Crippen molar-refractivity contribution in [3.8, 4) is 0 Å². The van der Waals surface area contributed by atoms with Crippen LogP contribution in [0.3, 0.4) is 0 Å². The Morgan fingerprint density at radius 2 is 1.81 bits per heavy atom. The number of aromatic nitrogens is 1. The number of nitrogens with one attached hydrogen (secondary N) is 1. The molecule has 0 unspecified atom stereocenters. The maximum Gasteiger partial charge on any atom is 0.254 e. The minimum Gasteiger partial charge on any atom is -0.349 e. The molecule has 37 heavy (non-hydrogen) atoms. The molecule has 2 aliphatic carbocycles. The average molecular weight is 575 g/mol. The first-order valence-corrected chi connectivity index (χ1v) is 15.1. The molecule has 0 atom stereocenters. The minimum absolute atomic E-state index is 0.0797. The van der Waals surface area contributed by atoms with Gasteiger partial charge in [-0.15, -0.1) is 11.3 Å². The van der Waals surface area contributed by atoms with Gasteiger partial charge in [-0.1, -0.05) is 65.5 Å². The summed E-state index contributed by atoms with van der Waals surface area (Å²) in [4.78, 5) is 19.9. The van der Waals surface area contributed by atoms with Crippen LogP contribution in [-0.2, 0) is 19.4 Å². The van der Waals surface area contributed by atoms with Crippen molar-refractivity contribution in [3.05, 3.63) is 86.3 Å². The largest absolute Gasteiger partial charge is 0.349 e. The molecule has 6 heteroatoms. The van der Waals surface area contributed by atoms with Gasteiger partial charge in [-0.2, -0.15) is 0 Å². The zero-order chi connectivity index (χ0) is 25.2. The normalized spacial score (nSPS) is 16.4. The highest BCUT2D eigenvalue weighted by atomic mass is 79.9. The molecular formula is C31H32BrN3OS. The molecule has 4 aromatic rings. The van der Waals surface area contributed by atoms with Gasteiger partial charge in [0.2, 0.25) is 0 Å². The molecule has 2 aliphatic rings. The van der Waals surface area contributed by atoms with Gasteiger partial charge >= 0.3 is 0 Å². The SMILES string of the molecule is O=C(NC1CCCCC1)c1c(N=Cc2cn(Cc3ccc(Br)cc3)c3ccccc23)sc2c1CCCC2. The van der Waals surface area contributed by atoms with Crippen LogP contribution >= 0.6 is 27.3 Å². The second-order valence-corrected chi connectivity index (χ2v) is 12.3. The number of benzene rings is 2. The third kappa shape index (κ3) is 5.32. The fourth-order valence-electron chi connectivity index (χ4n) is 5.80. The lowest BCUT2D eigenvalue weighted by Crippen LogP contribution is -2.36. The summed E-state index contributed by atoms with van der Waals surface area (Å²) in [5.74, 6) is 0.0797. The quantitative estimate of drug-likeness (QED) is 0.232. The predicted octanol–water partition coefficient (Wildman–Crippen LogP) is 8.21. The van der Waals surface area contributed by atoms with Crippen LogP contribution in [0, 0.1) is 0 Å². The van der Waals surface area contributed by atoms with Gasteiger partial charge < -0.3 is 9.88 Å². The van der Waals surface area contributed by atoms with Gasteiger partial charge in [-0.25, -0.2) is 4.99 Å². The van der Waals surface area contributed by atoms with Crippen molar-refractivity contribution in [1.29, 1.82) is 0 Å². The fraction of sp³-hybridized carbons (Fsp3) is 0.355. The molecule has 1 N–H and O–H groups in total. The van der Waals surface area contributed by atoms with E-state index < -0.39 is 0 Å². The number of para-hydroxylation sites is 1. The number of hydrogen-bond acceptors (Lipinski definition) is 3. The number of aryl methyl sites for hydroxylation is 1. The van der Waals surface area contributed by atoms with E-state index in [1.165, 1.54) is 52.6 Å². The molecule has 1 amide bonds. The fourth-order valence-corrected chi connectivity index (χ4v) is 7.30. The Bertz CT molecular complexity index is 1440. The first kappa shape index (κ1) is 24.6. The van der Waals surface area contributed by atoms with E-state index in [0.717, 1.165) is 59.2 Å². The first-order chi connectivity index (χ1) is 18.2. The van der Waals surface area contributed by atoms with Gasteiger partial charge in [0.25, 0.3) is 5.91 Å². The molecule has 2 aromatic heterocycles. The van der Waals surface area contributed by atoms with Crippen LogP contribution in [0.4, 0.5) is 5.00 Å². The summed E-state index contributed by atoms with van der Waals surface area (Å²) in [5, 5.41) is 5.41. The first-order valence-electron chi connectivity index (χ1n) is 13.5. The summed E-state index contributed by atoms with van der Waals surface area (Å²) < 4.78 is 3.37. The van der Waals surface area contributed by atoms with E-state index in [1.54, 1.807) is 11.3 Å². The Hall–Kier alpha value is -2.70. The molecule has 0 bridgehead atoms. The van der Waals surface area contributed by atoms with Crippen molar-refractivity contribution in [2.45, 2.75) is 70.4 Å². The van der Waals surface area contributed by atoms with Crippen molar-refractivity contribution in [3.63, 3.8) is 0 Å². The third-order valence-corrected chi connectivity index (χ3v) is 9.46. The number of fused-ring (bicyclic) bond motifs is 2. The summed E-state index contributed by atoms with van der Waals surface area (Å²) in [6, 6.07) is 17.3. The van der Waals surface area contributed by atoms with Crippen LogP contribution in [0.25, 0.3) is 10.9 Å². The van der Waals surface area contributed by atoms with E-state index in [4.69, 9.17) is 4.99 Å². The Kier molecular flexibility index (Phi) is 7.30. The lowest BCUT2D eigenvalue weighted by atomic mass is 9.93. The molecule has 1 fully saturated rings. The molecular weight excluding hydrogens is 542 g/mol. The van der Waals surface area contributed by atoms with E-state index in [0.29, 0.717) is 6.04 Å². The number of aliphatic imine (C=N–C) groups is 1. The summed E-state index contributed by atoms with van der Waals surface area (Å²) in [7, 11) is 0. The highest BCUT2D eigenvalue weighted by Crippen LogP contribution is 2.40. The number of amides is 1. The average Bonchev–Trinajstić information content (AvgIpc) is 3.47.